The van der Waals surface area contributed by atoms with Crippen molar-refractivity contribution < 1.29 is 22.3 Å². The van der Waals surface area contributed by atoms with Gasteiger partial charge in [-0.1, -0.05) is 6.07 Å². The average molecular weight is 414 g/mol. The normalized spacial score (nSPS) is 14.3. The molecule has 8 heteroatoms. The first kappa shape index (κ1) is 19.3. The second-order valence-electron chi connectivity index (χ2n) is 6.84. The van der Waals surface area contributed by atoms with Gasteiger partial charge in [-0.25, -0.2) is 12.8 Å². The van der Waals surface area contributed by atoms with Gasteiger partial charge < -0.3 is 9.64 Å². The van der Waals surface area contributed by atoms with Crippen LogP contribution < -0.4 is 4.74 Å². The molecule has 0 aliphatic carbocycles. The fourth-order valence-electron chi connectivity index (χ4n) is 3.56. The molecule has 2 heterocycles. The molecule has 0 N–H and O–H groups in total. The number of benzene rings is 2. The third-order valence-electron chi connectivity index (χ3n) is 5.02. The fourth-order valence-corrected chi connectivity index (χ4v) is 5.21. The summed E-state index contributed by atoms with van der Waals surface area (Å²) in [6.07, 6.45) is 2.99. The lowest BCUT2D eigenvalue weighted by molar-refractivity contribution is 0.0789. The van der Waals surface area contributed by atoms with E-state index in [1.807, 2.05) is 0 Å². The third kappa shape index (κ3) is 3.44. The van der Waals surface area contributed by atoms with Crippen LogP contribution >= 0.6 is 0 Å². The highest BCUT2D eigenvalue weighted by molar-refractivity contribution is 7.91. The molecule has 1 aliphatic rings. The zero-order chi connectivity index (χ0) is 20.6. The summed E-state index contributed by atoms with van der Waals surface area (Å²) in [5, 5.41) is 0.0814. The van der Waals surface area contributed by atoms with Gasteiger partial charge in [0.05, 0.1) is 28.0 Å². The Kier molecular flexibility index (Phi) is 4.96. The summed E-state index contributed by atoms with van der Waals surface area (Å²) in [4.78, 5) is 18.7. The van der Waals surface area contributed by atoms with Crippen LogP contribution in [0.2, 0.25) is 0 Å². The van der Waals surface area contributed by atoms with Crippen molar-refractivity contribution in [3.63, 3.8) is 0 Å². The molecule has 29 heavy (non-hydrogen) atoms. The molecule has 150 valence electrons. The molecule has 1 saturated heterocycles. The number of fused-ring (bicyclic) bond motifs is 1. The molecule has 0 unspecified atom stereocenters. The van der Waals surface area contributed by atoms with Crippen molar-refractivity contribution in [1.82, 2.24) is 9.88 Å². The molecule has 1 fully saturated rings. The van der Waals surface area contributed by atoms with Crippen molar-refractivity contribution in [3.8, 4) is 5.75 Å². The van der Waals surface area contributed by atoms with Crippen LogP contribution in [0.25, 0.3) is 10.9 Å². The highest BCUT2D eigenvalue weighted by Gasteiger charge is 2.31. The molecule has 1 amide bonds. The first-order valence-electron chi connectivity index (χ1n) is 9.18. The van der Waals surface area contributed by atoms with E-state index in [1.54, 1.807) is 17.0 Å². The van der Waals surface area contributed by atoms with Gasteiger partial charge in [-0.05, 0) is 49.2 Å². The zero-order valence-electron chi connectivity index (χ0n) is 15.8. The molecule has 1 aromatic heterocycles. The minimum Gasteiger partial charge on any atom is -0.497 e. The van der Waals surface area contributed by atoms with Crippen LogP contribution in [0.5, 0.6) is 5.75 Å². The van der Waals surface area contributed by atoms with Gasteiger partial charge >= 0.3 is 0 Å². The molecule has 3 aromatic rings. The van der Waals surface area contributed by atoms with E-state index in [1.165, 1.54) is 37.6 Å². The summed E-state index contributed by atoms with van der Waals surface area (Å²) in [6.45, 7) is 1.11. The minimum atomic E-state index is -4.15. The number of carbonyl (C=O) groups is 1. The highest BCUT2D eigenvalue weighted by atomic mass is 32.2. The van der Waals surface area contributed by atoms with E-state index in [-0.39, 0.29) is 20.7 Å². The smallest absolute Gasteiger partial charge is 0.256 e. The first-order valence-corrected chi connectivity index (χ1v) is 10.7. The Morgan fingerprint density at radius 3 is 2.62 bits per heavy atom. The lowest BCUT2D eigenvalue weighted by Crippen LogP contribution is -2.29. The predicted octanol–water partition coefficient (Wildman–Crippen LogP) is 3.45. The van der Waals surface area contributed by atoms with E-state index in [2.05, 4.69) is 4.98 Å². The third-order valence-corrected chi connectivity index (χ3v) is 6.88. The molecule has 0 radical (unpaired) electrons. The Morgan fingerprint density at radius 1 is 1.14 bits per heavy atom. The summed E-state index contributed by atoms with van der Waals surface area (Å²) in [6, 6.07) is 9.70. The van der Waals surface area contributed by atoms with Crippen molar-refractivity contribution in [2.75, 3.05) is 20.2 Å². The molecule has 2 aromatic carbocycles. The Balaban J connectivity index is 2.00. The van der Waals surface area contributed by atoms with Crippen LogP contribution in [-0.4, -0.2) is 44.4 Å². The van der Waals surface area contributed by atoms with Gasteiger partial charge in [0.25, 0.3) is 5.91 Å². The number of hydrogen-bond donors (Lipinski definition) is 0. The number of carbonyl (C=O) groups excluding carboxylic acids is 1. The van der Waals surface area contributed by atoms with Crippen molar-refractivity contribution in [2.45, 2.75) is 22.6 Å². The Hall–Kier alpha value is -3.00. The fraction of sp³-hybridized carbons (Fsp3) is 0.238. The van der Waals surface area contributed by atoms with Gasteiger partial charge in [0.15, 0.2) is 0 Å². The number of hydrogen-bond acceptors (Lipinski definition) is 5. The molecule has 4 rings (SSSR count). The quantitative estimate of drug-likeness (QED) is 0.654. The standard InChI is InChI=1S/C21H19FN2O4S/c1-28-15-5-4-6-16(12-15)29(26,27)20-17-11-14(22)7-8-19(17)23-13-18(20)21(25)24-9-2-3-10-24/h4-8,11-13H,2-3,9-10H2,1H3. The van der Waals surface area contributed by atoms with E-state index >= 15 is 0 Å². The van der Waals surface area contributed by atoms with Crippen LogP contribution in [0.15, 0.2) is 58.5 Å². The minimum absolute atomic E-state index is 0.0379. The van der Waals surface area contributed by atoms with Crippen LogP contribution in [0, 0.1) is 5.82 Å². The van der Waals surface area contributed by atoms with Gasteiger partial charge in [-0.2, -0.15) is 0 Å². The van der Waals surface area contributed by atoms with Crippen molar-refractivity contribution in [2.24, 2.45) is 0 Å². The second kappa shape index (κ2) is 7.44. The van der Waals surface area contributed by atoms with Gasteiger partial charge in [-0.15, -0.1) is 0 Å². The highest BCUT2D eigenvalue weighted by Crippen LogP contribution is 2.33. The average Bonchev–Trinajstić information content (AvgIpc) is 3.27. The zero-order valence-corrected chi connectivity index (χ0v) is 16.6. The molecular formula is C21H19FN2O4S. The predicted molar refractivity (Wildman–Crippen MR) is 105 cm³/mol. The lowest BCUT2D eigenvalue weighted by Gasteiger charge is -2.19. The number of amides is 1. The van der Waals surface area contributed by atoms with E-state index in [4.69, 9.17) is 4.74 Å². The molecule has 0 spiro atoms. The molecule has 6 nitrogen and oxygen atoms in total. The topological polar surface area (TPSA) is 76.6 Å². The number of aromatic nitrogens is 1. The first-order chi connectivity index (χ1) is 13.9. The lowest BCUT2D eigenvalue weighted by atomic mass is 10.1. The van der Waals surface area contributed by atoms with Crippen LogP contribution in [0.1, 0.15) is 23.2 Å². The van der Waals surface area contributed by atoms with Crippen molar-refractivity contribution >= 4 is 26.6 Å². The number of nitrogens with zero attached hydrogens (tertiary/aromatic N) is 2. The molecule has 1 aliphatic heterocycles. The van der Waals surface area contributed by atoms with E-state index in [9.17, 15) is 17.6 Å². The van der Waals surface area contributed by atoms with E-state index in [0.717, 1.165) is 18.9 Å². The Morgan fingerprint density at radius 2 is 1.90 bits per heavy atom. The number of pyridine rings is 1. The number of halogens is 1. The summed E-state index contributed by atoms with van der Waals surface area (Å²) < 4.78 is 46.3. The summed E-state index contributed by atoms with van der Waals surface area (Å²) in [5.74, 6) is -0.655. The van der Waals surface area contributed by atoms with Crippen LogP contribution in [-0.2, 0) is 9.84 Å². The van der Waals surface area contributed by atoms with E-state index < -0.39 is 21.6 Å². The Labute approximate surface area is 167 Å². The molecule has 0 bridgehead atoms. The SMILES string of the molecule is COc1cccc(S(=O)(=O)c2c(C(=O)N3CCCC3)cnc3ccc(F)cc23)c1. The number of likely N-dealkylation sites (tertiary alicyclic amines) is 1. The van der Waals surface area contributed by atoms with Gasteiger partial charge in [0.2, 0.25) is 9.84 Å². The largest absolute Gasteiger partial charge is 0.497 e. The van der Waals surface area contributed by atoms with Crippen LogP contribution in [0.4, 0.5) is 4.39 Å². The maximum atomic E-state index is 14.0. The van der Waals surface area contributed by atoms with Crippen molar-refractivity contribution in [3.05, 3.63) is 60.0 Å². The van der Waals surface area contributed by atoms with Crippen molar-refractivity contribution in [1.29, 1.82) is 0 Å². The Bertz CT molecular complexity index is 1200. The summed E-state index contributed by atoms with van der Waals surface area (Å²) in [5.41, 5.74) is 0.249. The monoisotopic (exact) mass is 414 g/mol. The molecular weight excluding hydrogens is 395 g/mol. The van der Waals surface area contributed by atoms with Gasteiger partial charge in [0.1, 0.15) is 11.6 Å². The summed E-state index contributed by atoms with van der Waals surface area (Å²) in [7, 11) is -2.72. The van der Waals surface area contributed by atoms with Gasteiger partial charge in [-0.3, -0.25) is 9.78 Å². The second-order valence-corrected chi connectivity index (χ2v) is 8.73. The van der Waals surface area contributed by atoms with E-state index in [0.29, 0.717) is 24.4 Å². The van der Waals surface area contributed by atoms with Gasteiger partial charge in [0, 0.05) is 24.7 Å². The number of ether oxygens (including phenoxy) is 1. The summed E-state index contributed by atoms with van der Waals surface area (Å²) >= 11 is 0. The number of sulfone groups is 1. The maximum Gasteiger partial charge on any atom is 0.256 e. The molecule has 0 atom stereocenters. The number of methoxy groups -OCH3 is 1. The number of rotatable bonds is 4. The molecule has 0 saturated carbocycles. The maximum absolute atomic E-state index is 14.0. The van der Waals surface area contributed by atoms with Crippen LogP contribution in [0.3, 0.4) is 0 Å².